The maximum absolute atomic E-state index is 12.5. The Kier molecular flexibility index (Phi) is 4.84. The number of aromatic nitrogens is 2. The Hall–Kier alpha value is -3.08. The molecule has 5 heteroatoms. The quantitative estimate of drug-likeness (QED) is 0.753. The third-order valence-electron chi connectivity index (χ3n) is 4.21. The zero-order valence-corrected chi connectivity index (χ0v) is 14.1. The van der Waals surface area contributed by atoms with Crippen LogP contribution < -0.4 is 5.69 Å². The van der Waals surface area contributed by atoms with Gasteiger partial charge < -0.3 is 5.11 Å². The largest absolute Gasteiger partial charge is 0.478 e. The Morgan fingerprint density at radius 2 is 1.72 bits per heavy atom. The number of carboxylic acid groups (broad SMARTS) is 1. The van der Waals surface area contributed by atoms with Gasteiger partial charge in [0.25, 0.3) is 0 Å². The molecule has 3 rings (SSSR count). The van der Waals surface area contributed by atoms with E-state index in [0.29, 0.717) is 19.5 Å². The van der Waals surface area contributed by atoms with E-state index < -0.39 is 5.97 Å². The van der Waals surface area contributed by atoms with Crippen molar-refractivity contribution in [3.05, 3.63) is 93.7 Å². The first-order valence-corrected chi connectivity index (χ1v) is 8.16. The van der Waals surface area contributed by atoms with Gasteiger partial charge in [-0.3, -0.25) is 9.13 Å². The lowest BCUT2D eigenvalue weighted by Gasteiger charge is -2.05. The molecule has 1 N–H and O–H groups in total. The van der Waals surface area contributed by atoms with Crippen LogP contribution in [0.15, 0.2) is 65.7 Å². The number of imidazole rings is 1. The minimum absolute atomic E-state index is 0.0602. The summed E-state index contributed by atoms with van der Waals surface area (Å²) < 4.78 is 3.33. The smallest absolute Gasteiger partial charge is 0.335 e. The van der Waals surface area contributed by atoms with Crippen LogP contribution in [0.5, 0.6) is 0 Å². The number of rotatable bonds is 6. The maximum Gasteiger partial charge on any atom is 0.335 e. The lowest BCUT2D eigenvalue weighted by atomic mass is 10.1. The van der Waals surface area contributed by atoms with E-state index >= 15 is 0 Å². The van der Waals surface area contributed by atoms with Gasteiger partial charge in [-0.05, 0) is 36.6 Å². The van der Waals surface area contributed by atoms with Gasteiger partial charge in [-0.2, -0.15) is 0 Å². The van der Waals surface area contributed by atoms with Gasteiger partial charge in [-0.25, -0.2) is 9.59 Å². The van der Waals surface area contributed by atoms with E-state index in [0.717, 1.165) is 11.1 Å². The number of carboxylic acids is 1. The van der Waals surface area contributed by atoms with E-state index in [1.165, 1.54) is 5.56 Å². The summed E-state index contributed by atoms with van der Waals surface area (Å²) >= 11 is 0. The van der Waals surface area contributed by atoms with Crippen LogP contribution in [-0.2, 0) is 19.5 Å². The molecule has 0 bridgehead atoms. The minimum Gasteiger partial charge on any atom is -0.478 e. The third-order valence-corrected chi connectivity index (χ3v) is 4.21. The molecule has 5 nitrogen and oxygen atoms in total. The molecule has 1 heterocycles. The molecule has 0 aliphatic heterocycles. The first kappa shape index (κ1) is 16.8. The van der Waals surface area contributed by atoms with Gasteiger partial charge in [0, 0.05) is 18.9 Å². The molecule has 0 atom stereocenters. The summed E-state index contributed by atoms with van der Waals surface area (Å²) in [6.07, 6.45) is 4.17. The zero-order valence-electron chi connectivity index (χ0n) is 14.1. The van der Waals surface area contributed by atoms with Crippen LogP contribution in [0.1, 0.15) is 27.0 Å². The van der Waals surface area contributed by atoms with Crippen molar-refractivity contribution < 1.29 is 9.90 Å². The maximum atomic E-state index is 12.5. The lowest BCUT2D eigenvalue weighted by molar-refractivity contribution is 0.0696. The molecule has 0 fully saturated rings. The molecule has 0 saturated heterocycles. The van der Waals surface area contributed by atoms with Crippen LogP contribution >= 0.6 is 0 Å². The fraction of sp³-hybridized carbons (Fsp3) is 0.200. The number of aromatic carboxylic acids is 1. The summed E-state index contributed by atoms with van der Waals surface area (Å²) in [4.78, 5) is 23.5. The molecule has 3 aromatic rings. The first-order chi connectivity index (χ1) is 12.0. The van der Waals surface area contributed by atoms with E-state index in [1.54, 1.807) is 39.7 Å². The minimum atomic E-state index is -0.941. The Balaban J connectivity index is 1.69. The van der Waals surface area contributed by atoms with Crippen LogP contribution in [0.3, 0.4) is 0 Å². The highest BCUT2D eigenvalue weighted by Gasteiger charge is 2.06. The molecule has 25 heavy (non-hydrogen) atoms. The summed E-state index contributed by atoms with van der Waals surface area (Å²) in [7, 11) is 0. The first-order valence-electron chi connectivity index (χ1n) is 8.16. The number of benzene rings is 2. The highest BCUT2D eigenvalue weighted by atomic mass is 16.4. The molecule has 0 amide bonds. The fourth-order valence-electron chi connectivity index (χ4n) is 2.74. The average Bonchev–Trinajstić information content (AvgIpc) is 2.95. The van der Waals surface area contributed by atoms with E-state index in [9.17, 15) is 9.59 Å². The number of nitrogens with zero attached hydrogens (tertiary/aromatic N) is 2. The topological polar surface area (TPSA) is 64.2 Å². The van der Waals surface area contributed by atoms with Crippen molar-refractivity contribution in [3.63, 3.8) is 0 Å². The van der Waals surface area contributed by atoms with Crippen LogP contribution in [-0.4, -0.2) is 20.2 Å². The summed E-state index contributed by atoms with van der Waals surface area (Å²) in [5.74, 6) is -0.941. The van der Waals surface area contributed by atoms with Crippen LogP contribution in [0.4, 0.5) is 0 Å². The van der Waals surface area contributed by atoms with Gasteiger partial charge >= 0.3 is 11.7 Å². The van der Waals surface area contributed by atoms with Gasteiger partial charge in [-0.1, -0.05) is 42.0 Å². The second kappa shape index (κ2) is 7.21. The van der Waals surface area contributed by atoms with E-state index in [1.807, 2.05) is 37.3 Å². The van der Waals surface area contributed by atoms with Gasteiger partial charge in [0.2, 0.25) is 0 Å². The lowest BCUT2D eigenvalue weighted by Crippen LogP contribution is -2.25. The summed E-state index contributed by atoms with van der Waals surface area (Å²) in [6.45, 7) is 3.09. The van der Waals surface area contributed by atoms with E-state index in [-0.39, 0.29) is 11.3 Å². The second-order valence-electron chi connectivity index (χ2n) is 6.14. The molecule has 128 valence electrons. The van der Waals surface area contributed by atoms with Gasteiger partial charge in [-0.15, -0.1) is 0 Å². The van der Waals surface area contributed by atoms with Crippen LogP contribution in [0.2, 0.25) is 0 Å². The Morgan fingerprint density at radius 3 is 2.44 bits per heavy atom. The number of carbonyl (C=O) groups is 1. The molecule has 1 aromatic heterocycles. The van der Waals surface area contributed by atoms with Crippen molar-refractivity contribution in [1.29, 1.82) is 0 Å². The molecular weight excluding hydrogens is 316 g/mol. The van der Waals surface area contributed by atoms with E-state index in [4.69, 9.17) is 5.11 Å². The number of aryl methyl sites for hydroxylation is 3. The zero-order chi connectivity index (χ0) is 17.8. The normalized spacial score (nSPS) is 10.8. The Labute approximate surface area is 145 Å². The van der Waals surface area contributed by atoms with Crippen molar-refractivity contribution in [2.75, 3.05) is 0 Å². The molecular formula is C20H20N2O3. The standard InChI is InChI=1S/C20H20N2O3/c1-15-5-7-17(8-6-15)14-22-12-11-21(20(22)25)10-9-16-3-2-4-18(13-16)19(23)24/h2-8,11-13H,9-10,14H2,1H3,(H,23,24). The number of hydrogen-bond donors (Lipinski definition) is 1. The molecule has 0 radical (unpaired) electrons. The van der Waals surface area contributed by atoms with Crippen LogP contribution in [0.25, 0.3) is 0 Å². The number of hydrogen-bond acceptors (Lipinski definition) is 2. The van der Waals surface area contributed by atoms with Crippen molar-refractivity contribution in [2.24, 2.45) is 0 Å². The average molecular weight is 336 g/mol. The monoisotopic (exact) mass is 336 g/mol. The summed E-state index contributed by atoms with van der Waals surface area (Å²) in [6, 6.07) is 14.9. The third kappa shape index (κ3) is 4.07. The summed E-state index contributed by atoms with van der Waals surface area (Å²) in [5.41, 5.74) is 3.38. The highest BCUT2D eigenvalue weighted by Crippen LogP contribution is 2.08. The van der Waals surface area contributed by atoms with Gasteiger partial charge in [0.15, 0.2) is 0 Å². The molecule has 0 spiro atoms. The van der Waals surface area contributed by atoms with Gasteiger partial charge in [0.1, 0.15) is 0 Å². The fourth-order valence-corrected chi connectivity index (χ4v) is 2.74. The van der Waals surface area contributed by atoms with Crippen molar-refractivity contribution in [1.82, 2.24) is 9.13 Å². The Bertz CT molecular complexity index is 936. The molecule has 0 unspecified atom stereocenters. The molecule has 0 saturated carbocycles. The Morgan fingerprint density at radius 1 is 1.00 bits per heavy atom. The predicted octanol–water partition coefficient (Wildman–Crippen LogP) is 2.95. The van der Waals surface area contributed by atoms with Crippen molar-refractivity contribution in [3.8, 4) is 0 Å². The van der Waals surface area contributed by atoms with Crippen molar-refractivity contribution in [2.45, 2.75) is 26.4 Å². The molecule has 2 aromatic carbocycles. The van der Waals surface area contributed by atoms with E-state index in [2.05, 4.69) is 0 Å². The second-order valence-corrected chi connectivity index (χ2v) is 6.14. The molecule has 0 aliphatic rings. The van der Waals surface area contributed by atoms with Gasteiger partial charge in [0.05, 0.1) is 12.1 Å². The SMILES string of the molecule is Cc1ccc(Cn2ccn(CCc3cccc(C(=O)O)c3)c2=O)cc1. The molecule has 0 aliphatic carbocycles. The predicted molar refractivity (Wildman–Crippen MR) is 96.1 cm³/mol. The summed E-state index contributed by atoms with van der Waals surface area (Å²) in [5, 5.41) is 9.04. The van der Waals surface area contributed by atoms with Crippen molar-refractivity contribution >= 4 is 5.97 Å². The van der Waals surface area contributed by atoms with Crippen LogP contribution in [0, 0.1) is 6.92 Å². The highest BCUT2D eigenvalue weighted by molar-refractivity contribution is 5.87.